The Balaban J connectivity index is 1.95. The summed E-state index contributed by atoms with van der Waals surface area (Å²) in [5, 5.41) is 6.53. The number of amides is 1. The third kappa shape index (κ3) is 7.27. The molecule has 0 aliphatic rings. The van der Waals surface area contributed by atoms with Crippen molar-refractivity contribution >= 4 is 11.9 Å². The minimum absolute atomic E-state index is 0.140. The molecule has 7 nitrogen and oxygen atoms in total. The Morgan fingerprint density at radius 2 is 1.85 bits per heavy atom. The van der Waals surface area contributed by atoms with Crippen LogP contribution in [0, 0.1) is 0 Å². The lowest BCUT2D eigenvalue weighted by Crippen LogP contribution is -2.36. The van der Waals surface area contributed by atoms with Crippen molar-refractivity contribution in [3.05, 3.63) is 59.7 Å². The van der Waals surface area contributed by atoms with Crippen molar-refractivity contribution in [3.63, 3.8) is 0 Å². The summed E-state index contributed by atoms with van der Waals surface area (Å²) in [5.74, 6) is 1.64. The summed E-state index contributed by atoms with van der Waals surface area (Å²) in [6.45, 7) is 3.77. The van der Waals surface area contributed by atoms with Crippen molar-refractivity contribution in [1.29, 1.82) is 0 Å². The quantitative estimate of drug-likeness (QED) is 0.462. The highest BCUT2D eigenvalue weighted by molar-refractivity contribution is 5.79. The molecule has 0 aliphatic carbocycles. The molecule has 0 saturated heterocycles. The van der Waals surface area contributed by atoms with Crippen molar-refractivity contribution in [2.45, 2.75) is 20.0 Å². The molecular formula is C20H26N4O3. The molecule has 0 radical (unpaired) electrons. The Labute approximate surface area is 159 Å². The molecule has 0 spiro atoms. The van der Waals surface area contributed by atoms with Crippen LogP contribution in [0.15, 0.2) is 53.5 Å². The molecule has 0 bridgehead atoms. The molecule has 7 heteroatoms. The molecule has 0 fully saturated rings. The van der Waals surface area contributed by atoms with E-state index in [4.69, 9.17) is 15.2 Å². The highest BCUT2D eigenvalue weighted by atomic mass is 16.5. The Bertz CT molecular complexity index is 760. The molecule has 27 heavy (non-hydrogen) atoms. The van der Waals surface area contributed by atoms with Crippen LogP contribution < -0.4 is 25.8 Å². The lowest BCUT2D eigenvalue weighted by molar-refractivity contribution is -0.119. The summed E-state index contributed by atoms with van der Waals surface area (Å²) in [5.41, 5.74) is 7.20. The number of benzene rings is 2. The minimum atomic E-state index is -0.504. The van der Waals surface area contributed by atoms with Gasteiger partial charge in [0.05, 0.1) is 13.7 Å². The lowest BCUT2D eigenvalue weighted by atomic mass is 10.2. The molecule has 0 unspecified atom stereocenters. The molecule has 2 aromatic carbocycles. The second kappa shape index (κ2) is 10.7. The van der Waals surface area contributed by atoms with Gasteiger partial charge in [0.15, 0.2) is 12.6 Å². The smallest absolute Gasteiger partial charge is 0.255 e. The zero-order chi connectivity index (χ0) is 19.5. The maximum absolute atomic E-state index is 10.8. The Kier molecular flexibility index (Phi) is 7.96. The van der Waals surface area contributed by atoms with Crippen molar-refractivity contribution in [2.24, 2.45) is 10.7 Å². The molecule has 0 aliphatic heterocycles. The normalized spacial score (nSPS) is 11.0. The Hall–Kier alpha value is -3.22. The predicted molar refractivity (Wildman–Crippen MR) is 106 cm³/mol. The van der Waals surface area contributed by atoms with Crippen LogP contribution in [0.1, 0.15) is 18.1 Å². The second-order valence-corrected chi connectivity index (χ2v) is 5.80. The molecule has 0 atom stereocenters. The largest absolute Gasteiger partial charge is 0.497 e. The summed E-state index contributed by atoms with van der Waals surface area (Å²) in [7, 11) is 1.65. The first-order valence-electron chi connectivity index (χ1n) is 8.76. The number of rotatable bonds is 9. The van der Waals surface area contributed by atoms with Gasteiger partial charge in [-0.25, -0.2) is 4.99 Å². The van der Waals surface area contributed by atoms with Crippen molar-refractivity contribution in [2.75, 3.05) is 20.3 Å². The maximum Gasteiger partial charge on any atom is 0.255 e. The van der Waals surface area contributed by atoms with Gasteiger partial charge in [0, 0.05) is 13.1 Å². The molecule has 0 saturated carbocycles. The van der Waals surface area contributed by atoms with E-state index >= 15 is 0 Å². The number of hydrogen-bond acceptors (Lipinski definition) is 4. The first kappa shape index (κ1) is 20.1. The highest BCUT2D eigenvalue weighted by Gasteiger charge is 2.02. The van der Waals surface area contributed by atoms with E-state index in [1.54, 1.807) is 13.2 Å². The van der Waals surface area contributed by atoms with Crippen LogP contribution in [0.3, 0.4) is 0 Å². The van der Waals surface area contributed by atoms with Gasteiger partial charge in [-0.15, -0.1) is 0 Å². The van der Waals surface area contributed by atoms with Crippen molar-refractivity contribution in [3.8, 4) is 11.5 Å². The van der Waals surface area contributed by atoms with Gasteiger partial charge in [-0.3, -0.25) is 4.79 Å². The number of nitrogens with one attached hydrogen (secondary N) is 2. The summed E-state index contributed by atoms with van der Waals surface area (Å²) >= 11 is 0. The summed E-state index contributed by atoms with van der Waals surface area (Å²) in [6.07, 6.45) is 0. The van der Waals surface area contributed by atoms with Crippen LogP contribution in [0.2, 0.25) is 0 Å². The average Bonchev–Trinajstić information content (AvgIpc) is 2.69. The topological polar surface area (TPSA) is 98.0 Å². The number of guanidine groups is 1. The summed E-state index contributed by atoms with van der Waals surface area (Å²) in [6, 6.07) is 15.3. The number of primary amides is 1. The van der Waals surface area contributed by atoms with E-state index in [0.29, 0.717) is 18.8 Å². The number of methoxy groups -OCH3 is 1. The number of carbonyl (C=O) groups is 1. The van der Waals surface area contributed by atoms with Crippen LogP contribution in [-0.4, -0.2) is 32.1 Å². The van der Waals surface area contributed by atoms with Crippen LogP contribution >= 0.6 is 0 Å². The first-order valence-corrected chi connectivity index (χ1v) is 8.76. The average molecular weight is 370 g/mol. The van der Waals surface area contributed by atoms with Gasteiger partial charge in [-0.2, -0.15) is 0 Å². The molecule has 2 rings (SSSR count). The number of nitrogens with zero attached hydrogens (tertiary/aromatic N) is 1. The van der Waals surface area contributed by atoms with Gasteiger partial charge in [0.25, 0.3) is 5.91 Å². The number of ether oxygens (including phenoxy) is 2. The van der Waals surface area contributed by atoms with E-state index in [9.17, 15) is 4.79 Å². The van der Waals surface area contributed by atoms with Gasteiger partial charge < -0.3 is 25.8 Å². The lowest BCUT2D eigenvalue weighted by Gasteiger charge is -2.12. The van der Waals surface area contributed by atoms with Gasteiger partial charge in [-0.1, -0.05) is 24.3 Å². The SMILES string of the molecule is CCNC(=NCc1cccc(OCC(N)=O)c1)NCc1ccc(OC)cc1. The molecular weight excluding hydrogens is 344 g/mol. The number of aliphatic imine (C=N–C) groups is 1. The van der Waals surface area contributed by atoms with Crippen molar-refractivity contribution < 1.29 is 14.3 Å². The zero-order valence-corrected chi connectivity index (χ0v) is 15.7. The third-order valence-corrected chi connectivity index (χ3v) is 3.66. The minimum Gasteiger partial charge on any atom is -0.497 e. The van der Waals surface area contributed by atoms with Crippen LogP contribution in [0.4, 0.5) is 0 Å². The van der Waals surface area contributed by atoms with Crippen LogP contribution in [-0.2, 0) is 17.9 Å². The fraction of sp³-hybridized carbons (Fsp3) is 0.300. The monoisotopic (exact) mass is 370 g/mol. The van der Waals surface area contributed by atoms with E-state index in [0.717, 1.165) is 29.4 Å². The Morgan fingerprint density at radius 3 is 2.52 bits per heavy atom. The fourth-order valence-electron chi connectivity index (χ4n) is 2.33. The molecule has 1 amide bonds. The number of nitrogens with two attached hydrogens (primary N) is 1. The van der Waals surface area contributed by atoms with E-state index in [1.807, 2.05) is 49.4 Å². The van der Waals surface area contributed by atoms with Gasteiger partial charge in [0.2, 0.25) is 0 Å². The summed E-state index contributed by atoms with van der Waals surface area (Å²) < 4.78 is 10.5. The standard InChI is InChI=1S/C20H26N4O3/c1-3-22-20(23-12-15-7-9-17(26-2)10-8-15)24-13-16-5-4-6-18(11-16)27-14-19(21)25/h4-11H,3,12-14H2,1-2H3,(H2,21,25)(H2,22,23,24). The number of carbonyl (C=O) groups excluding carboxylic acids is 1. The molecule has 0 heterocycles. The van der Waals surface area contributed by atoms with Crippen LogP contribution in [0.5, 0.6) is 11.5 Å². The van der Waals surface area contributed by atoms with E-state index in [-0.39, 0.29) is 6.61 Å². The van der Waals surface area contributed by atoms with Crippen molar-refractivity contribution in [1.82, 2.24) is 10.6 Å². The zero-order valence-electron chi connectivity index (χ0n) is 15.7. The molecule has 144 valence electrons. The van der Waals surface area contributed by atoms with Gasteiger partial charge >= 0.3 is 0 Å². The second-order valence-electron chi connectivity index (χ2n) is 5.80. The predicted octanol–water partition coefficient (Wildman–Crippen LogP) is 1.81. The Morgan fingerprint density at radius 1 is 1.07 bits per heavy atom. The maximum atomic E-state index is 10.8. The van der Waals surface area contributed by atoms with Gasteiger partial charge in [0.1, 0.15) is 11.5 Å². The van der Waals surface area contributed by atoms with Crippen LogP contribution in [0.25, 0.3) is 0 Å². The first-order chi connectivity index (χ1) is 13.1. The highest BCUT2D eigenvalue weighted by Crippen LogP contribution is 2.14. The van der Waals surface area contributed by atoms with E-state index in [2.05, 4.69) is 15.6 Å². The molecule has 0 aromatic heterocycles. The van der Waals surface area contributed by atoms with E-state index in [1.165, 1.54) is 0 Å². The van der Waals surface area contributed by atoms with Gasteiger partial charge in [-0.05, 0) is 42.3 Å². The fourth-order valence-corrected chi connectivity index (χ4v) is 2.33. The number of hydrogen-bond donors (Lipinski definition) is 3. The molecule has 2 aromatic rings. The summed E-state index contributed by atoms with van der Waals surface area (Å²) in [4.78, 5) is 15.4. The molecule has 4 N–H and O–H groups in total. The third-order valence-electron chi connectivity index (χ3n) is 3.66. The van der Waals surface area contributed by atoms with E-state index < -0.39 is 5.91 Å².